The van der Waals surface area contributed by atoms with Gasteiger partial charge in [0, 0.05) is 19.3 Å². The molecule has 1 aliphatic heterocycles. The summed E-state index contributed by atoms with van der Waals surface area (Å²) in [5, 5.41) is 9.71. The lowest BCUT2D eigenvalue weighted by atomic mass is 9.89. The molecule has 1 fully saturated rings. The normalized spacial score (nSPS) is 20.4. The molecule has 19 heavy (non-hydrogen) atoms. The Hall–Kier alpha value is -1.58. The fourth-order valence-corrected chi connectivity index (χ4v) is 2.70. The molecule has 104 valence electrons. The minimum Gasteiger partial charge on any atom is -0.505 e. The lowest BCUT2D eigenvalue weighted by Crippen LogP contribution is -2.32. The third-order valence-electron chi connectivity index (χ3n) is 3.99. The molecule has 1 aromatic heterocycles. The topological polar surface area (TPSA) is 53.4 Å². The zero-order chi connectivity index (χ0) is 13.8. The minimum atomic E-state index is -0.150. The van der Waals surface area contributed by atoms with Gasteiger partial charge in [-0.25, -0.2) is 4.98 Å². The Bertz CT molecular complexity index is 446. The first kappa shape index (κ1) is 13.8. The third kappa shape index (κ3) is 3.25. The van der Waals surface area contributed by atoms with Gasteiger partial charge in [-0.05, 0) is 43.2 Å². The number of hydrogen-bond donors (Lipinski definition) is 1. The average Bonchev–Trinajstić information content (AvgIpc) is 2.64. The van der Waals surface area contributed by atoms with Gasteiger partial charge in [0.15, 0.2) is 5.69 Å². The second-order valence-electron chi connectivity index (χ2n) is 5.60. The van der Waals surface area contributed by atoms with Crippen LogP contribution in [0.4, 0.5) is 0 Å². The van der Waals surface area contributed by atoms with Gasteiger partial charge in [-0.3, -0.25) is 4.79 Å². The Morgan fingerprint density at radius 1 is 1.42 bits per heavy atom. The number of carbonyl (C=O) groups excluding carboxylic acids is 1. The molecule has 1 unspecified atom stereocenters. The van der Waals surface area contributed by atoms with Crippen molar-refractivity contribution in [1.29, 1.82) is 0 Å². The summed E-state index contributed by atoms with van der Waals surface area (Å²) >= 11 is 0. The molecule has 1 atom stereocenters. The highest BCUT2D eigenvalue weighted by Crippen LogP contribution is 2.26. The first-order chi connectivity index (χ1) is 9.09. The quantitative estimate of drug-likeness (QED) is 0.891. The molecule has 1 N–H and O–H groups in total. The van der Waals surface area contributed by atoms with Crippen LogP contribution < -0.4 is 0 Å². The van der Waals surface area contributed by atoms with Crippen LogP contribution in [-0.2, 0) is 0 Å². The van der Waals surface area contributed by atoms with Gasteiger partial charge in [0.25, 0.3) is 5.91 Å². The maximum Gasteiger partial charge on any atom is 0.276 e. The van der Waals surface area contributed by atoms with Crippen LogP contribution in [0.1, 0.15) is 43.6 Å². The smallest absolute Gasteiger partial charge is 0.276 e. The van der Waals surface area contributed by atoms with Crippen LogP contribution in [0.5, 0.6) is 5.75 Å². The van der Waals surface area contributed by atoms with Crippen LogP contribution in [0.25, 0.3) is 0 Å². The monoisotopic (exact) mass is 262 g/mol. The van der Waals surface area contributed by atoms with Gasteiger partial charge in [-0.2, -0.15) is 0 Å². The number of amides is 1. The van der Waals surface area contributed by atoms with Gasteiger partial charge in [0.05, 0.1) is 0 Å². The van der Waals surface area contributed by atoms with Gasteiger partial charge < -0.3 is 10.0 Å². The van der Waals surface area contributed by atoms with Crippen LogP contribution in [0, 0.1) is 11.8 Å². The molecule has 1 aromatic rings. The van der Waals surface area contributed by atoms with E-state index < -0.39 is 0 Å². The van der Waals surface area contributed by atoms with Gasteiger partial charge in [-0.15, -0.1) is 0 Å². The van der Waals surface area contributed by atoms with Gasteiger partial charge in [-0.1, -0.05) is 13.8 Å². The van der Waals surface area contributed by atoms with Gasteiger partial charge in [0.2, 0.25) is 0 Å². The molecule has 0 radical (unpaired) electrons. The highest BCUT2D eigenvalue weighted by atomic mass is 16.3. The molecule has 0 saturated carbocycles. The van der Waals surface area contributed by atoms with Crippen molar-refractivity contribution in [3.63, 3.8) is 0 Å². The molecule has 0 aliphatic carbocycles. The lowest BCUT2D eigenvalue weighted by molar-refractivity contribution is 0.0749. The van der Waals surface area contributed by atoms with Gasteiger partial charge >= 0.3 is 0 Å². The van der Waals surface area contributed by atoms with Crippen LogP contribution >= 0.6 is 0 Å². The number of carbonyl (C=O) groups is 1. The summed E-state index contributed by atoms with van der Waals surface area (Å²) < 4.78 is 0. The molecular weight excluding hydrogens is 240 g/mol. The second kappa shape index (κ2) is 6.04. The summed E-state index contributed by atoms with van der Waals surface area (Å²) in [6, 6.07) is 3.14. The Balaban J connectivity index is 2.06. The predicted molar refractivity (Wildman–Crippen MR) is 74.0 cm³/mol. The molecule has 1 saturated heterocycles. The largest absolute Gasteiger partial charge is 0.505 e. The highest BCUT2D eigenvalue weighted by Gasteiger charge is 2.25. The summed E-state index contributed by atoms with van der Waals surface area (Å²) in [6.45, 7) is 6.01. The molecule has 2 rings (SSSR count). The van der Waals surface area contributed by atoms with E-state index in [0.29, 0.717) is 11.8 Å². The maximum atomic E-state index is 12.4. The summed E-state index contributed by atoms with van der Waals surface area (Å²) in [4.78, 5) is 18.2. The van der Waals surface area contributed by atoms with E-state index in [0.717, 1.165) is 25.9 Å². The number of pyridine rings is 1. The van der Waals surface area contributed by atoms with Crippen molar-refractivity contribution in [3.05, 3.63) is 24.0 Å². The Kier molecular flexibility index (Phi) is 4.40. The van der Waals surface area contributed by atoms with Crippen molar-refractivity contribution < 1.29 is 9.90 Å². The molecule has 4 nitrogen and oxygen atoms in total. The predicted octanol–water partition coefficient (Wildman–Crippen LogP) is 2.69. The van der Waals surface area contributed by atoms with Crippen LogP contribution in [0.2, 0.25) is 0 Å². The number of nitrogens with zero attached hydrogens (tertiary/aromatic N) is 2. The minimum absolute atomic E-state index is 0.0304. The molecule has 1 amide bonds. The zero-order valence-electron chi connectivity index (χ0n) is 11.7. The van der Waals surface area contributed by atoms with Crippen molar-refractivity contribution in [2.45, 2.75) is 33.1 Å². The van der Waals surface area contributed by atoms with Crippen molar-refractivity contribution in [3.8, 4) is 5.75 Å². The third-order valence-corrected chi connectivity index (χ3v) is 3.99. The molecular formula is C15H22N2O2. The Labute approximate surface area is 114 Å². The second-order valence-corrected chi connectivity index (χ2v) is 5.60. The fraction of sp³-hybridized carbons (Fsp3) is 0.600. The SMILES string of the molecule is CC(C)C1CCCN(C(=O)c2ncccc2O)CC1. The summed E-state index contributed by atoms with van der Waals surface area (Å²) in [6.07, 6.45) is 4.79. The molecule has 1 aliphatic rings. The highest BCUT2D eigenvalue weighted by molar-refractivity contribution is 5.94. The van der Waals surface area contributed by atoms with Crippen LogP contribution in [-0.4, -0.2) is 34.0 Å². The van der Waals surface area contributed by atoms with Crippen LogP contribution in [0.3, 0.4) is 0 Å². The fourth-order valence-electron chi connectivity index (χ4n) is 2.70. The standard InChI is InChI=1S/C15H22N2O2/c1-11(2)12-5-4-9-17(10-7-12)15(19)14-13(18)6-3-8-16-14/h3,6,8,11-12,18H,4-5,7,9-10H2,1-2H3. The van der Waals surface area contributed by atoms with E-state index in [1.165, 1.54) is 12.5 Å². The Morgan fingerprint density at radius 2 is 2.21 bits per heavy atom. The lowest BCUT2D eigenvalue weighted by Gasteiger charge is -2.21. The summed E-state index contributed by atoms with van der Waals surface area (Å²) in [7, 11) is 0. The summed E-state index contributed by atoms with van der Waals surface area (Å²) in [5.74, 6) is 1.17. The maximum absolute atomic E-state index is 12.4. The van der Waals surface area contributed by atoms with E-state index in [1.807, 2.05) is 4.90 Å². The first-order valence-electron chi connectivity index (χ1n) is 7.03. The van der Waals surface area contributed by atoms with E-state index in [9.17, 15) is 9.90 Å². The summed E-state index contributed by atoms with van der Waals surface area (Å²) in [5.41, 5.74) is 0.172. The number of rotatable bonds is 2. The molecule has 2 heterocycles. The van der Waals surface area contributed by atoms with Crippen molar-refractivity contribution in [1.82, 2.24) is 9.88 Å². The molecule has 0 aromatic carbocycles. The first-order valence-corrected chi connectivity index (χ1v) is 7.03. The zero-order valence-corrected chi connectivity index (χ0v) is 11.7. The van der Waals surface area contributed by atoms with Gasteiger partial charge in [0.1, 0.15) is 5.75 Å². The molecule has 0 spiro atoms. The number of hydrogen-bond acceptors (Lipinski definition) is 3. The van der Waals surface area contributed by atoms with E-state index in [4.69, 9.17) is 0 Å². The van der Waals surface area contributed by atoms with Crippen molar-refractivity contribution in [2.75, 3.05) is 13.1 Å². The number of aromatic nitrogens is 1. The average molecular weight is 262 g/mol. The molecule has 4 heteroatoms. The van der Waals surface area contributed by atoms with E-state index in [-0.39, 0.29) is 17.4 Å². The number of likely N-dealkylation sites (tertiary alicyclic amines) is 1. The van der Waals surface area contributed by atoms with Crippen LogP contribution in [0.15, 0.2) is 18.3 Å². The van der Waals surface area contributed by atoms with E-state index in [1.54, 1.807) is 12.3 Å². The van der Waals surface area contributed by atoms with E-state index >= 15 is 0 Å². The van der Waals surface area contributed by atoms with Crippen molar-refractivity contribution in [2.24, 2.45) is 11.8 Å². The number of aromatic hydroxyl groups is 1. The van der Waals surface area contributed by atoms with E-state index in [2.05, 4.69) is 18.8 Å². The Morgan fingerprint density at radius 3 is 2.89 bits per heavy atom. The molecule has 0 bridgehead atoms. The van der Waals surface area contributed by atoms with Crippen molar-refractivity contribution >= 4 is 5.91 Å².